The fourth-order valence-electron chi connectivity index (χ4n) is 3.15. The number of hydrogen-bond donors (Lipinski definition) is 1. The van der Waals surface area contributed by atoms with Crippen molar-refractivity contribution in [2.75, 3.05) is 0 Å². The molecule has 0 radical (unpaired) electrons. The molecule has 1 aromatic carbocycles. The Morgan fingerprint density at radius 3 is 2.64 bits per heavy atom. The van der Waals surface area contributed by atoms with Gasteiger partial charge >= 0.3 is 0 Å². The van der Waals surface area contributed by atoms with E-state index in [-0.39, 0.29) is 5.91 Å². The number of fused-ring (bicyclic) bond motifs is 2. The van der Waals surface area contributed by atoms with Gasteiger partial charge in [0.1, 0.15) is 5.65 Å². The standard InChI is InChI=1S/C21H16N6O/c28-21(22-12-20-25-24-19-8-4-5-11-27(19)20)16-9-10-18-23-17(14-26(18)13-16)15-6-2-1-3-7-15/h1-11,13-14H,12H2,(H,22,28). The lowest BCUT2D eigenvalue weighted by Crippen LogP contribution is -2.24. The monoisotopic (exact) mass is 368 g/mol. The second kappa shape index (κ2) is 6.62. The van der Waals surface area contributed by atoms with E-state index in [2.05, 4.69) is 20.5 Å². The van der Waals surface area contributed by atoms with Crippen LogP contribution in [0.3, 0.4) is 0 Å². The highest BCUT2D eigenvalue weighted by molar-refractivity contribution is 5.94. The first kappa shape index (κ1) is 16.2. The lowest BCUT2D eigenvalue weighted by molar-refractivity contribution is 0.0949. The van der Waals surface area contributed by atoms with Crippen LogP contribution < -0.4 is 5.32 Å². The number of rotatable bonds is 4. The van der Waals surface area contributed by atoms with Crippen LogP contribution in [0.15, 0.2) is 79.3 Å². The van der Waals surface area contributed by atoms with E-state index in [9.17, 15) is 4.79 Å². The highest BCUT2D eigenvalue weighted by atomic mass is 16.1. The number of benzene rings is 1. The molecule has 0 fully saturated rings. The third-order valence-electron chi connectivity index (χ3n) is 4.57. The maximum Gasteiger partial charge on any atom is 0.253 e. The first-order chi connectivity index (χ1) is 13.8. The topological polar surface area (TPSA) is 76.6 Å². The Hall–Kier alpha value is -4.00. The summed E-state index contributed by atoms with van der Waals surface area (Å²) in [5.74, 6) is 0.503. The molecular weight excluding hydrogens is 352 g/mol. The minimum atomic E-state index is -0.176. The Morgan fingerprint density at radius 1 is 0.893 bits per heavy atom. The first-order valence-corrected chi connectivity index (χ1v) is 8.89. The van der Waals surface area contributed by atoms with Gasteiger partial charge in [0, 0.05) is 24.2 Å². The molecule has 0 spiro atoms. The van der Waals surface area contributed by atoms with E-state index >= 15 is 0 Å². The number of hydrogen-bond acceptors (Lipinski definition) is 4. The van der Waals surface area contributed by atoms with Gasteiger partial charge in [0.2, 0.25) is 0 Å². The molecule has 0 bridgehead atoms. The number of aromatic nitrogens is 5. The van der Waals surface area contributed by atoms with Crippen molar-refractivity contribution in [3.8, 4) is 11.3 Å². The van der Waals surface area contributed by atoms with Gasteiger partial charge in [-0.3, -0.25) is 9.20 Å². The lowest BCUT2D eigenvalue weighted by Gasteiger charge is -2.05. The fourth-order valence-corrected chi connectivity index (χ4v) is 3.15. The summed E-state index contributed by atoms with van der Waals surface area (Å²) in [4.78, 5) is 17.2. The van der Waals surface area contributed by atoms with Crippen LogP contribution in [-0.4, -0.2) is 29.9 Å². The summed E-state index contributed by atoms with van der Waals surface area (Å²) in [6.07, 6.45) is 5.58. The van der Waals surface area contributed by atoms with Crippen molar-refractivity contribution in [3.05, 3.63) is 90.6 Å². The molecule has 1 N–H and O–H groups in total. The minimum Gasteiger partial charge on any atom is -0.345 e. The van der Waals surface area contributed by atoms with E-state index in [0.29, 0.717) is 17.9 Å². The van der Waals surface area contributed by atoms with Crippen molar-refractivity contribution in [1.29, 1.82) is 0 Å². The molecular formula is C21H16N6O. The van der Waals surface area contributed by atoms with Gasteiger partial charge < -0.3 is 9.72 Å². The molecule has 7 heteroatoms. The van der Waals surface area contributed by atoms with Crippen molar-refractivity contribution < 1.29 is 4.79 Å². The molecule has 28 heavy (non-hydrogen) atoms. The van der Waals surface area contributed by atoms with Crippen molar-refractivity contribution in [3.63, 3.8) is 0 Å². The third kappa shape index (κ3) is 2.88. The molecule has 0 aliphatic carbocycles. The Balaban J connectivity index is 1.37. The van der Waals surface area contributed by atoms with E-state index in [1.807, 2.05) is 75.8 Å². The van der Waals surface area contributed by atoms with Crippen LogP contribution in [0.2, 0.25) is 0 Å². The highest BCUT2D eigenvalue weighted by Gasteiger charge is 2.11. The Morgan fingerprint density at radius 2 is 1.75 bits per heavy atom. The Labute approximate surface area is 160 Å². The average molecular weight is 368 g/mol. The van der Waals surface area contributed by atoms with Gasteiger partial charge in [0.05, 0.1) is 17.8 Å². The van der Waals surface area contributed by atoms with Crippen LogP contribution >= 0.6 is 0 Å². The summed E-state index contributed by atoms with van der Waals surface area (Å²) in [5, 5.41) is 11.1. The Bertz CT molecular complexity index is 1290. The van der Waals surface area contributed by atoms with E-state index in [1.54, 1.807) is 12.3 Å². The molecule has 0 aliphatic heterocycles. The van der Waals surface area contributed by atoms with Gasteiger partial charge in [-0.05, 0) is 24.3 Å². The van der Waals surface area contributed by atoms with Crippen molar-refractivity contribution in [2.24, 2.45) is 0 Å². The summed E-state index contributed by atoms with van der Waals surface area (Å²) in [6.45, 7) is 0.293. The SMILES string of the molecule is O=C(NCc1nnc2ccccn12)c1ccc2nc(-c3ccccc3)cn2c1. The molecule has 5 aromatic rings. The van der Waals surface area contributed by atoms with E-state index in [0.717, 1.165) is 22.6 Å². The van der Waals surface area contributed by atoms with Gasteiger partial charge in [-0.25, -0.2) is 4.98 Å². The average Bonchev–Trinajstić information content (AvgIpc) is 3.36. The minimum absolute atomic E-state index is 0.176. The number of pyridine rings is 2. The quantitative estimate of drug-likeness (QED) is 0.529. The van der Waals surface area contributed by atoms with Gasteiger partial charge in [-0.2, -0.15) is 0 Å². The largest absolute Gasteiger partial charge is 0.345 e. The van der Waals surface area contributed by atoms with Crippen molar-refractivity contribution in [1.82, 2.24) is 29.3 Å². The number of carbonyl (C=O) groups excluding carboxylic acids is 1. The normalized spacial score (nSPS) is 11.1. The van der Waals surface area contributed by atoms with Crippen LogP contribution in [0.5, 0.6) is 0 Å². The second-order valence-corrected chi connectivity index (χ2v) is 6.40. The molecule has 0 saturated carbocycles. The molecule has 0 saturated heterocycles. The molecule has 0 atom stereocenters. The summed E-state index contributed by atoms with van der Waals surface area (Å²) in [7, 11) is 0. The second-order valence-electron chi connectivity index (χ2n) is 6.40. The van der Waals surface area contributed by atoms with E-state index in [1.165, 1.54) is 0 Å². The molecule has 0 unspecified atom stereocenters. The number of nitrogens with one attached hydrogen (secondary N) is 1. The van der Waals surface area contributed by atoms with Gasteiger partial charge in [-0.15, -0.1) is 10.2 Å². The number of nitrogens with zero attached hydrogens (tertiary/aromatic N) is 5. The predicted molar refractivity (Wildman–Crippen MR) is 105 cm³/mol. The molecule has 136 valence electrons. The van der Waals surface area contributed by atoms with Crippen molar-refractivity contribution in [2.45, 2.75) is 6.54 Å². The third-order valence-corrected chi connectivity index (χ3v) is 4.57. The number of carbonyl (C=O) groups is 1. The maximum atomic E-state index is 12.6. The van der Waals surface area contributed by atoms with Crippen molar-refractivity contribution >= 4 is 17.2 Å². The van der Waals surface area contributed by atoms with Gasteiger partial charge in [0.15, 0.2) is 11.5 Å². The summed E-state index contributed by atoms with van der Waals surface area (Å²) < 4.78 is 3.72. The molecule has 0 aliphatic rings. The fraction of sp³-hybridized carbons (Fsp3) is 0.0476. The zero-order chi connectivity index (χ0) is 18.9. The number of imidazole rings is 1. The van der Waals surface area contributed by atoms with Gasteiger partial charge in [-0.1, -0.05) is 36.4 Å². The van der Waals surface area contributed by atoms with E-state index < -0.39 is 0 Å². The molecule has 4 aromatic heterocycles. The van der Waals surface area contributed by atoms with Crippen LogP contribution in [0.25, 0.3) is 22.6 Å². The lowest BCUT2D eigenvalue weighted by atomic mass is 10.2. The van der Waals surface area contributed by atoms with Crippen LogP contribution in [0.4, 0.5) is 0 Å². The first-order valence-electron chi connectivity index (χ1n) is 8.89. The van der Waals surface area contributed by atoms with Crippen LogP contribution in [-0.2, 0) is 6.54 Å². The van der Waals surface area contributed by atoms with E-state index in [4.69, 9.17) is 0 Å². The number of amides is 1. The van der Waals surface area contributed by atoms with Crippen LogP contribution in [0.1, 0.15) is 16.2 Å². The Kier molecular flexibility index (Phi) is 3.83. The molecule has 4 heterocycles. The predicted octanol–water partition coefficient (Wildman–Crippen LogP) is 2.97. The molecule has 1 amide bonds. The smallest absolute Gasteiger partial charge is 0.253 e. The summed E-state index contributed by atoms with van der Waals surface area (Å²) in [6, 6.07) is 19.2. The zero-order valence-corrected chi connectivity index (χ0v) is 14.9. The molecule has 5 rings (SSSR count). The highest BCUT2D eigenvalue weighted by Crippen LogP contribution is 2.19. The summed E-state index contributed by atoms with van der Waals surface area (Å²) >= 11 is 0. The maximum absolute atomic E-state index is 12.6. The molecule has 7 nitrogen and oxygen atoms in total. The van der Waals surface area contributed by atoms with Crippen LogP contribution in [0, 0.1) is 0 Å². The zero-order valence-electron chi connectivity index (χ0n) is 14.9. The van der Waals surface area contributed by atoms with Gasteiger partial charge in [0.25, 0.3) is 5.91 Å². The summed E-state index contributed by atoms with van der Waals surface area (Å²) in [5.41, 5.74) is 4.00.